The molecule has 2 aromatic carbocycles. The predicted molar refractivity (Wildman–Crippen MR) is 77.2 cm³/mol. The number of carboxylic acids is 1. The number of rotatable bonds is 3. The lowest BCUT2D eigenvalue weighted by Gasteiger charge is -2.19. The third kappa shape index (κ3) is 3.36. The molecule has 108 valence electrons. The number of anilines is 2. The third-order valence-electron chi connectivity index (χ3n) is 2.88. The summed E-state index contributed by atoms with van der Waals surface area (Å²) in [7, 11) is 1.44. The van der Waals surface area contributed by atoms with Gasteiger partial charge in [-0.25, -0.2) is 14.0 Å². The monoisotopic (exact) mass is 288 g/mol. The molecule has 0 unspecified atom stereocenters. The number of carbonyl (C=O) groups is 2. The number of urea groups is 1. The van der Waals surface area contributed by atoms with Crippen LogP contribution in [0.3, 0.4) is 0 Å². The fourth-order valence-corrected chi connectivity index (χ4v) is 1.83. The largest absolute Gasteiger partial charge is 0.478 e. The zero-order chi connectivity index (χ0) is 15.4. The fraction of sp³-hybridized carbons (Fsp3) is 0.0667. The first-order valence-corrected chi connectivity index (χ1v) is 6.11. The molecule has 0 fully saturated rings. The van der Waals surface area contributed by atoms with Crippen LogP contribution in [0, 0.1) is 5.82 Å². The van der Waals surface area contributed by atoms with Gasteiger partial charge in [-0.2, -0.15) is 0 Å². The average molecular weight is 288 g/mol. The maximum absolute atomic E-state index is 13.1. The number of benzene rings is 2. The van der Waals surface area contributed by atoms with E-state index in [1.54, 1.807) is 12.1 Å². The summed E-state index contributed by atoms with van der Waals surface area (Å²) in [5.41, 5.74) is 0.549. The quantitative estimate of drug-likeness (QED) is 0.911. The number of para-hydroxylation sites is 1. The summed E-state index contributed by atoms with van der Waals surface area (Å²) >= 11 is 0. The lowest BCUT2D eigenvalue weighted by atomic mass is 10.1. The van der Waals surface area contributed by atoms with Crippen molar-refractivity contribution < 1.29 is 19.1 Å². The maximum Gasteiger partial charge on any atom is 0.337 e. The van der Waals surface area contributed by atoms with E-state index in [1.165, 1.54) is 43.4 Å². The van der Waals surface area contributed by atoms with E-state index < -0.39 is 17.8 Å². The van der Waals surface area contributed by atoms with Crippen LogP contribution in [-0.2, 0) is 0 Å². The first-order valence-electron chi connectivity index (χ1n) is 6.11. The number of carboxylic acid groups (broad SMARTS) is 1. The lowest BCUT2D eigenvalue weighted by Crippen LogP contribution is -2.32. The predicted octanol–water partition coefficient (Wildman–Crippen LogP) is 3.19. The maximum atomic E-state index is 13.1. The van der Waals surface area contributed by atoms with Crippen LogP contribution >= 0.6 is 0 Å². The molecule has 2 N–H and O–H groups in total. The number of amides is 2. The molecule has 0 radical (unpaired) electrons. The molecule has 5 nitrogen and oxygen atoms in total. The van der Waals surface area contributed by atoms with Crippen LogP contribution < -0.4 is 10.2 Å². The number of nitrogens with one attached hydrogen (secondary N) is 1. The Bertz CT molecular complexity index is 688. The van der Waals surface area contributed by atoms with Gasteiger partial charge in [0.1, 0.15) is 5.82 Å². The van der Waals surface area contributed by atoms with E-state index >= 15 is 0 Å². The molecule has 0 saturated heterocycles. The van der Waals surface area contributed by atoms with Crippen molar-refractivity contribution >= 4 is 23.4 Å². The fourth-order valence-electron chi connectivity index (χ4n) is 1.83. The summed E-state index contributed by atoms with van der Waals surface area (Å²) in [5.74, 6) is -1.60. The van der Waals surface area contributed by atoms with Gasteiger partial charge >= 0.3 is 12.0 Å². The number of aromatic carboxylic acids is 1. The summed E-state index contributed by atoms with van der Waals surface area (Å²) in [5, 5.41) is 11.6. The normalized spacial score (nSPS) is 10.0. The minimum absolute atomic E-state index is 0.00870. The van der Waals surface area contributed by atoms with Crippen LogP contribution in [0.25, 0.3) is 0 Å². The van der Waals surface area contributed by atoms with Crippen molar-refractivity contribution in [2.75, 3.05) is 17.3 Å². The average Bonchev–Trinajstić information content (AvgIpc) is 2.46. The molecule has 0 saturated carbocycles. The summed E-state index contributed by atoms with van der Waals surface area (Å²) in [4.78, 5) is 24.4. The highest BCUT2D eigenvalue weighted by atomic mass is 19.1. The van der Waals surface area contributed by atoms with Crippen LogP contribution in [0.4, 0.5) is 20.6 Å². The number of hydrogen-bond donors (Lipinski definition) is 2. The Morgan fingerprint density at radius 3 is 2.52 bits per heavy atom. The second-order valence-corrected chi connectivity index (χ2v) is 4.32. The molecule has 0 spiro atoms. The molecule has 0 bridgehead atoms. The van der Waals surface area contributed by atoms with Gasteiger partial charge in [0.15, 0.2) is 0 Å². The highest BCUT2D eigenvalue weighted by Crippen LogP contribution is 2.20. The summed E-state index contributed by atoms with van der Waals surface area (Å²) in [6.45, 7) is 0. The van der Waals surface area contributed by atoms with E-state index in [0.29, 0.717) is 5.69 Å². The minimum atomic E-state index is -1.13. The molecule has 2 amide bonds. The Hall–Kier alpha value is -2.89. The zero-order valence-corrected chi connectivity index (χ0v) is 11.2. The molecule has 6 heteroatoms. The van der Waals surface area contributed by atoms with Gasteiger partial charge in [0.2, 0.25) is 0 Å². The van der Waals surface area contributed by atoms with Crippen LogP contribution in [0.5, 0.6) is 0 Å². The Labute approximate surface area is 120 Å². The summed E-state index contributed by atoms with van der Waals surface area (Å²) < 4.78 is 13.1. The van der Waals surface area contributed by atoms with Crippen molar-refractivity contribution in [1.82, 2.24) is 0 Å². The molecule has 2 aromatic rings. The van der Waals surface area contributed by atoms with Gasteiger partial charge in [0, 0.05) is 12.7 Å². The van der Waals surface area contributed by atoms with E-state index in [0.717, 1.165) is 4.90 Å². The van der Waals surface area contributed by atoms with Gasteiger partial charge in [-0.15, -0.1) is 0 Å². The minimum Gasteiger partial charge on any atom is -0.478 e. The highest BCUT2D eigenvalue weighted by Gasteiger charge is 2.17. The van der Waals surface area contributed by atoms with Crippen molar-refractivity contribution in [3.8, 4) is 0 Å². The molecule has 0 aliphatic carbocycles. The number of carbonyl (C=O) groups excluding carboxylic acids is 1. The van der Waals surface area contributed by atoms with Crippen molar-refractivity contribution in [1.29, 1.82) is 0 Å². The molecule has 0 heterocycles. The van der Waals surface area contributed by atoms with Crippen molar-refractivity contribution in [3.63, 3.8) is 0 Å². The molecular formula is C15H13FN2O3. The highest BCUT2D eigenvalue weighted by molar-refractivity contribution is 6.05. The Kier molecular flexibility index (Phi) is 4.18. The smallest absolute Gasteiger partial charge is 0.337 e. The van der Waals surface area contributed by atoms with Gasteiger partial charge in [-0.1, -0.05) is 18.2 Å². The van der Waals surface area contributed by atoms with Crippen LogP contribution in [-0.4, -0.2) is 24.2 Å². The SMILES string of the molecule is CN(C(=O)Nc1cccc(F)c1)c1ccccc1C(=O)O. The molecule has 0 aromatic heterocycles. The number of nitrogens with zero attached hydrogens (tertiary/aromatic N) is 1. The number of hydrogen-bond acceptors (Lipinski definition) is 2. The second-order valence-electron chi connectivity index (χ2n) is 4.32. The Balaban J connectivity index is 2.22. The van der Waals surface area contributed by atoms with E-state index in [-0.39, 0.29) is 11.3 Å². The molecule has 21 heavy (non-hydrogen) atoms. The molecule has 0 atom stereocenters. The molecular weight excluding hydrogens is 275 g/mol. The third-order valence-corrected chi connectivity index (χ3v) is 2.88. The molecule has 0 aliphatic heterocycles. The summed E-state index contributed by atoms with van der Waals surface area (Å²) in [6.07, 6.45) is 0. The molecule has 0 aliphatic rings. The van der Waals surface area contributed by atoms with Crippen molar-refractivity contribution in [2.24, 2.45) is 0 Å². The van der Waals surface area contributed by atoms with Crippen LogP contribution in [0.1, 0.15) is 10.4 Å². The van der Waals surface area contributed by atoms with Gasteiger partial charge < -0.3 is 10.4 Å². The van der Waals surface area contributed by atoms with Crippen molar-refractivity contribution in [2.45, 2.75) is 0 Å². The van der Waals surface area contributed by atoms with E-state index in [2.05, 4.69) is 5.32 Å². The first-order chi connectivity index (χ1) is 9.99. The first kappa shape index (κ1) is 14.5. The topological polar surface area (TPSA) is 69.6 Å². The van der Waals surface area contributed by atoms with Crippen molar-refractivity contribution in [3.05, 3.63) is 59.9 Å². The number of halogens is 1. The Morgan fingerprint density at radius 1 is 1.14 bits per heavy atom. The zero-order valence-electron chi connectivity index (χ0n) is 11.2. The van der Waals surface area contributed by atoms with Gasteiger partial charge in [-0.3, -0.25) is 4.90 Å². The van der Waals surface area contributed by atoms with E-state index in [9.17, 15) is 14.0 Å². The van der Waals surface area contributed by atoms with Gasteiger partial charge in [-0.05, 0) is 30.3 Å². The van der Waals surface area contributed by atoms with Gasteiger partial charge in [0.05, 0.1) is 11.3 Å². The molecule has 2 rings (SSSR count). The second kappa shape index (κ2) is 6.04. The lowest BCUT2D eigenvalue weighted by molar-refractivity contribution is 0.0697. The summed E-state index contributed by atoms with van der Waals surface area (Å²) in [6, 6.07) is 11.0. The Morgan fingerprint density at radius 2 is 1.86 bits per heavy atom. The van der Waals surface area contributed by atoms with E-state index in [4.69, 9.17) is 5.11 Å². The van der Waals surface area contributed by atoms with E-state index in [1.807, 2.05) is 0 Å². The standard InChI is InChI=1S/C15H13FN2O3/c1-18(13-8-3-2-7-12(13)14(19)20)15(21)17-11-6-4-5-10(16)9-11/h2-9H,1H3,(H,17,21)(H,19,20). The van der Waals surface area contributed by atoms with Crippen LogP contribution in [0.2, 0.25) is 0 Å². The van der Waals surface area contributed by atoms with Crippen LogP contribution in [0.15, 0.2) is 48.5 Å². The van der Waals surface area contributed by atoms with Gasteiger partial charge in [0.25, 0.3) is 0 Å².